The predicted molar refractivity (Wildman–Crippen MR) is 129 cm³/mol. The lowest BCUT2D eigenvalue weighted by Gasteiger charge is -2.18. The topological polar surface area (TPSA) is 109 Å². The van der Waals surface area contributed by atoms with Crippen LogP contribution < -0.4 is 26.7 Å². The number of rotatable bonds is 5. The molecule has 3 heterocycles. The number of nitrogens with zero attached hydrogens (tertiary/aromatic N) is 4. The molecule has 31 heavy (non-hydrogen) atoms. The number of carbonyl (C=O) groups is 1. The smallest absolute Gasteiger partial charge is 0.267 e. The van der Waals surface area contributed by atoms with Gasteiger partial charge in [-0.05, 0) is 31.9 Å². The van der Waals surface area contributed by atoms with Crippen molar-refractivity contribution in [2.45, 2.75) is 26.3 Å². The van der Waals surface area contributed by atoms with Crippen LogP contribution in [0.25, 0.3) is 0 Å². The van der Waals surface area contributed by atoms with Crippen molar-refractivity contribution in [3.8, 4) is 0 Å². The summed E-state index contributed by atoms with van der Waals surface area (Å²) in [5.74, 6) is 1.85. The van der Waals surface area contributed by atoms with Gasteiger partial charge in [0.15, 0.2) is 5.13 Å². The second kappa shape index (κ2) is 8.82. The maximum Gasteiger partial charge on any atom is 0.267 e. The Balaban J connectivity index is 1.48. The fourth-order valence-corrected chi connectivity index (χ4v) is 4.66. The minimum Gasteiger partial charge on any atom is -0.355 e. The number of hydrogen-bond donors (Lipinski definition) is 3. The number of nitrogens with one attached hydrogen (secondary N) is 2. The molecule has 0 aliphatic carbocycles. The minimum atomic E-state index is -0.259. The van der Waals surface area contributed by atoms with Crippen molar-refractivity contribution in [1.82, 2.24) is 15.0 Å². The molecule has 1 fully saturated rings. The molecule has 160 valence electrons. The number of aryl methyl sites for hydroxylation is 2. The zero-order valence-corrected chi connectivity index (χ0v) is 19.1. The summed E-state index contributed by atoms with van der Waals surface area (Å²) in [6.07, 6.45) is 2.48. The zero-order chi connectivity index (χ0) is 22.1. The molecule has 0 saturated carbocycles. The largest absolute Gasteiger partial charge is 0.355 e. The Morgan fingerprint density at radius 3 is 2.84 bits per heavy atom. The van der Waals surface area contributed by atoms with E-state index in [9.17, 15) is 4.79 Å². The molecule has 2 aromatic heterocycles. The van der Waals surface area contributed by atoms with Crippen LogP contribution in [-0.4, -0.2) is 47.8 Å². The van der Waals surface area contributed by atoms with Crippen LogP contribution in [0.1, 0.15) is 27.5 Å². The maximum absolute atomic E-state index is 12.7. The fourth-order valence-electron chi connectivity index (χ4n) is 3.57. The molecular formula is C20H23BClN7OS. The second-order valence-corrected chi connectivity index (χ2v) is 9.14. The average Bonchev–Trinajstić information content (AvgIpc) is 3.33. The van der Waals surface area contributed by atoms with Gasteiger partial charge in [0.25, 0.3) is 5.91 Å². The molecular weight excluding hydrogens is 433 g/mol. The van der Waals surface area contributed by atoms with Crippen LogP contribution >= 0.6 is 22.9 Å². The maximum atomic E-state index is 12.7. The van der Waals surface area contributed by atoms with Crippen molar-refractivity contribution in [1.29, 1.82) is 0 Å². The van der Waals surface area contributed by atoms with Crippen molar-refractivity contribution in [2.75, 3.05) is 28.6 Å². The first-order valence-corrected chi connectivity index (χ1v) is 11.1. The minimum absolute atomic E-state index is 0.164. The molecule has 1 aliphatic heterocycles. The lowest BCUT2D eigenvalue weighted by Crippen LogP contribution is -2.27. The number of thiazole rings is 1. The first kappa shape index (κ1) is 21.5. The van der Waals surface area contributed by atoms with Crippen LogP contribution in [0.15, 0.2) is 24.4 Å². The van der Waals surface area contributed by atoms with Gasteiger partial charge in [0.1, 0.15) is 30.2 Å². The van der Waals surface area contributed by atoms with Gasteiger partial charge in [-0.3, -0.25) is 4.79 Å². The highest BCUT2D eigenvalue weighted by Crippen LogP contribution is 2.28. The van der Waals surface area contributed by atoms with Crippen LogP contribution in [0.3, 0.4) is 0 Å². The van der Waals surface area contributed by atoms with Gasteiger partial charge in [-0.2, -0.15) is 0 Å². The van der Waals surface area contributed by atoms with E-state index in [1.165, 1.54) is 17.5 Å². The number of anilines is 4. The molecule has 8 nitrogen and oxygen atoms in total. The normalized spacial score (nSPS) is 15.9. The van der Waals surface area contributed by atoms with Crippen molar-refractivity contribution in [3.63, 3.8) is 0 Å². The van der Waals surface area contributed by atoms with Crippen LogP contribution in [0.5, 0.6) is 0 Å². The number of benzene rings is 1. The molecule has 0 bridgehead atoms. The molecule has 1 atom stereocenters. The Kier molecular flexibility index (Phi) is 6.13. The Morgan fingerprint density at radius 1 is 1.32 bits per heavy atom. The molecule has 11 heteroatoms. The second-order valence-electron chi connectivity index (χ2n) is 7.70. The molecule has 1 amide bonds. The first-order valence-electron chi connectivity index (χ1n) is 9.95. The monoisotopic (exact) mass is 455 g/mol. The third-order valence-corrected chi connectivity index (χ3v) is 6.22. The third-order valence-electron chi connectivity index (χ3n) is 5.01. The molecule has 4 N–H and O–H groups in total. The first-order chi connectivity index (χ1) is 14.8. The number of halogens is 1. The van der Waals surface area contributed by atoms with Gasteiger partial charge in [-0.1, -0.05) is 34.5 Å². The summed E-state index contributed by atoms with van der Waals surface area (Å²) in [7, 11) is 1.96. The molecule has 1 aromatic carbocycles. The molecule has 1 aliphatic rings. The van der Waals surface area contributed by atoms with Crippen LogP contribution in [0.4, 0.5) is 22.5 Å². The van der Waals surface area contributed by atoms with Gasteiger partial charge in [-0.15, -0.1) is 0 Å². The lowest BCUT2D eigenvalue weighted by atomic mass is 9.94. The fraction of sp³-hybridized carbons (Fsp3) is 0.300. The lowest BCUT2D eigenvalue weighted by molar-refractivity contribution is 0.103. The molecule has 0 unspecified atom stereocenters. The van der Waals surface area contributed by atoms with Gasteiger partial charge < -0.3 is 21.3 Å². The zero-order valence-electron chi connectivity index (χ0n) is 17.6. The number of carbonyl (C=O) groups excluding carboxylic acids is 1. The molecule has 3 aromatic rings. The van der Waals surface area contributed by atoms with E-state index in [0.29, 0.717) is 32.4 Å². The predicted octanol–water partition coefficient (Wildman–Crippen LogP) is 2.00. The highest BCUT2D eigenvalue weighted by atomic mass is 35.5. The van der Waals surface area contributed by atoms with Crippen LogP contribution in [0.2, 0.25) is 5.02 Å². The van der Waals surface area contributed by atoms with Crippen molar-refractivity contribution < 1.29 is 4.79 Å². The van der Waals surface area contributed by atoms with Crippen molar-refractivity contribution in [3.05, 3.63) is 45.7 Å². The standard InChI is InChI=1S/C20H23BClN7OS/c1-10-5-12(21)6-14(22)18(10)28-19(30)15-8-24-20(31-15)27-16-7-17(26-11(2)25-16)29-4-3-13(23)9-29/h5-8,13H,3-4,9,21,23H2,1-2H3,(H,28,30)(H,24,25,26,27)/t13-/m1/s1. The van der Waals surface area contributed by atoms with E-state index in [-0.39, 0.29) is 11.9 Å². The van der Waals surface area contributed by atoms with E-state index in [4.69, 9.17) is 17.3 Å². The van der Waals surface area contributed by atoms with Crippen LogP contribution in [-0.2, 0) is 0 Å². The summed E-state index contributed by atoms with van der Waals surface area (Å²) >= 11 is 7.55. The Hall–Kier alpha value is -2.69. The molecule has 1 saturated heterocycles. The number of amides is 1. The van der Waals surface area contributed by atoms with Gasteiger partial charge in [0.05, 0.1) is 16.9 Å². The Bertz CT molecular complexity index is 1120. The SMILES string of the molecule is Bc1cc(C)c(NC(=O)c2cnc(Nc3cc(N4CC[C@@H](N)C4)nc(C)n3)s2)c(Cl)c1. The van der Waals surface area contributed by atoms with Crippen LogP contribution in [0, 0.1) is 13.8 Å². The summed E-state index contributed by atoms with van der Waals surface area (Å²) in [5, 5.41) is 7.15. The van der Waals surface area contributed by atoms with E-state index < -0.39 is 0 Å². The summed E-state index contributed by atoms with van der Waals surface area (Å²) in [5.41, 5.74) is 8.58. The highest BCUT2D eigenvalue weighted by molar-refractivity contribution is 7.17. The van der Waals surface area contributed by atoms with Gasteiger partial charge >= 0.3 is 0 Å². The Labute approximate surface area is 190 Å². The molecule has 0 radical (unpaired) electrons. The van der Waals surface area contributed by atoms with E-state index in [2.05, 4.69) is 30.5 Å². The van der Waals surface area contributed by atoms with Crippen molar-refractivity contribution in [2.24, 2.45) is 5.73 Å². The molecule has 4 rings (SSSR count). The Morgan fingerprint density at radius 2 is 2.13 bits per heavy atom. The van der Waals surface area contributed by atoms with Gasteiger partial charge in [0.2, 0.25) is 0 Å². The average molecular weight is 456 g/mol. The van der Waals surface area contributed by atoms with E-state index >= 15 is 0 Å². The quantitative estimate of drug-likeness (QED) is 0.505. The van der Waals surface area contributed by atoms with Crippen molar-refractivity contribution >= 4 is 64.6 Å². The summed E-state index contributed by atoms with van der Waals surface area (Å²) in [4.78, 5) is 28.6. The summed E-state index contributed by atoms with van der Waals surface area (Å²) in [6.45, 7) is 5.41. The summed E-state index contributed by atoms with van der Waals surface area (Å²) < 4.78 is 0. The third kappa shape index (κ3) is 4.98. The summed E-state index contributed by atoms with van der Waals surface area (Å²) in [6, 6.07) is 5.84. The highest BCUT2D eigenvalue weighted by Gasteiger charge is 2.21. The van der Waals surface area contributed by atoms with E-state index in [0.717, 1.165) is 36.4 Å². The molecule has 0 spiro atoms. The van der Waals surface area contributed by atoms with Gasteiger partial charge in [-0.25, -0.2) is 15.0 Å². The number of aromatic nitrogens is 3. The van der Waals surface area contributed by atoms with E-state index in [1.807, 2.05) is 39.9 Å². The number of nitrogens with two attached hydrogens (primary N) is 1. The van der Waals surface area contributed by atoms with Gasteiger partial charge in [0, 0.05) is 25.2 Å². The number of hydrogen-bond acceptors (Lipinski definition) is 8. The van der Waals surface area contributed by atoms with E-state index in [1.54, 1.807) is 0 Å².